The van der Waals surface area contributed by atoms with Gasteiger partial charge in [-0.3, -0.25) is 0 Å². The smallest absolute Gasteiger partial charge is 0.395 e. The van der Waals surface area contributed by atoms with Gasteiger partial charge >= 0.3 is 77.0 Å². The van der Waals surface area contributed by atoms with Gasteiger partial charge in [-0.1, -0.05) is 6.58 Å². The van der Waals surface area contributed by atoms with Crippen LogP contribution in [0.3, 0.4) is 0 Å². The maximum Gasteiger partial charge on any atom is 0.448 e. The second-order valence-corrected chi connectivity index (χ2v) is 8.09. The van der Waals surface area contributed by atoms with Crippen LogP contribution in [0.1, 0.15) is 6.92 Å². The summed E-state index contributed by atoms with van der Waals surface area (Å²) in [5, 5.41) is 0. The molecule has 1 saturated carbocycles. The average molecular weight is 666 g/mol. The molecule has 2 nitrogen and oxygen atoms in total. The monoisotopic (exact) mass is 666 g/mol. The standard InChI is InChI=1S/C16H5F23O2/c1-3(2)4(40)41-16(38,39)5(17)6(18,19)8(22,23)10(26,27)12(30,31)14(34,35)15(36,37)13(32,33)11(28,29)9(24,25)7(5,20)21/h1H2,2H3. The Morgan fingerprint density at radius 3 is 0.805 bits per heavy atom. The summed E-state index contributed by atoms with van der Waals surface area (Å²) in [6.07, 6.45) is -8.46. The van der Waals surface area contributed by atoms with E-state index >= 15 is 0 Å². The van der Waals surface area contributed by atoms with Gasteiger partial charge in [-0.05, 0) is 6.92 Å². The third kappa shape index (κ3) is 3.63. The third-order valence-electron chi connectivity index (χ3n) is 5.38. The number of hydrogen-bond acceptors (Lipinski definition) is 2. The minimum absolute atomic E-state index is 0.0217. The molecule has 0 saturated heterocycles. The van der Waals surface area contributed by atoms with Crippen molar-refractivity contribution in [3.05, 3.63) is 12.2 Å². The first-order valence-electron chi connectivity index (χ1n) is 9.06. The molecule has 1 aliphatic carbocycles. The van der Waals surface area contributed by atoms with E-state index < -0.39 is 82.5 Å². The highest BCUT2D eigenvalue weighted by Gasteiger charge is 3.05. The largest absolute Gasteiger partial charge is 0.448 e. The fourth-order valence-electron chi connectivity index (χ4n) is 2.85. The summed E-state index contributed by atoms with van der Waals surface area (Å²) in [5.74, 6) is -98.5. The Morgan fingerprint density at radius 1 is 0.463 bits per heavy atom. The van der Waals surface area contributed by atoms with Crippen molar-refractivity contribution in [2.75, 3.05) is 0 Å². The Labute approximate surface area is 208 Å². The fourth-order valence-corrected chi connectivity index (χ4v) is 2.85. The lowest BCUT2D eigenvalue weighted by atomic mass is 9.78. The van der Waals surface area contributed by atoms with Crippen LogP contribution in [-0.2, 0) is 9.53 Å². The van der Waals surface area contributed by atoms with Crippen LogP contribution in [0.15, 0.2) is 12.2 Å². The second kappa shape index (κ2) is 8.58. The fraction of sp³-hybridized carbons (Fsp3) is 0.812. The topological polar surface area (TPSA) is 26.3 Å². The van der Waals surface area contributed by atoms with Gasteiger partial charge in [-0.25, -0.2) is 9.18 Å². The number of carbonyl (C=O) groups excluding carboxylic acids is 1. The molecular formula is C16H5F23O2. The Balaban J connectivity index is 4.74. The van der Waals surface area contributed by atoms with Crippen molar-refractivity contribution in [3.63, 3.8) is 0 Å². The van der Waals surface area contributed by atoms with E-state index in [-0.39, 0.29) is 6.92 Å². The van der Waals surface area contributed by atoms with Gasteiger partial charge in [0.2, 0.25) is 0 Å². The van der Waals surface area contributed by atoms with Gasteiger partial charge in [0.15, 0.2) is 0 Å². The van der Waals surface area contributed by atoms with Gasteiger partial charge < -0.3 is 4.74 Å². The molecule has 1 aliphatic rings. The summed E-state index contributed by atoms with van der Waals surface area (Å²) in [5.41, 5.74) is -11.4. The second-order valence-electron chi connectivity index (χ2n) is 8.09. The zero-order chi connectivity index (χ0) is 33.9. The molecule has 25 heteroatoms. The highest BCUT2D eigenvalue weighted by Crippen LogP contribution is 2.72. The van der Waals surface area contributed by atoms with Crippen molar-refractivity contribution in [3.8, 4) is 0 Å². The number of alkyl halides is 23. The van der Waals surface area contributed by atoms with Crippen LogP contribution in [0, 0.1) is 0 Å². The molecule has 0 aromatic heterocycles. The zero-order valence-corrected chi connectivity index (χ0v) is 18.2. The number of halogens is 23. The van der Waals surface area contributed by atoms with Crippen molar-refractivity contribution in [2.45, 2.75) is 77.9 Å². The van der Waals surface area contributed by atoms with Crippen molar-refractivity contribution < 1.29 is 111 Å². The lowest BCUT2D eigenvalue weighted by molar-refractivity contribution is -0.483. The van der Waals surface area contributed by atoms with E-state index in [9.17, 15) is 106 Å². The van der Waals surface area contributed by atoms with E-state index in [1.54, 1.807) is 0 Å². The minimum atomic E-state index is -9.67. The molecule has 0 atom stereocenters. The molecule has 0 heterocycles. The van der Waals surface area contributed by atoms with Crippen molar-refractivity contribution >= 4 is 5.97 Å². The molecular weight excluding hydrogens is 661 g/mol. The molecule has 0 spiro atoms. The summed E-state index contributed by atoms with van der Waals surface area (Å²) in [6, 6.07) is 0. The molecule has 0 amide bonds. The normalized spacial score (nSPS) is 29.9. The molecule has 242 valence electrons. The number of esters is 1. The highest BCUT2D eigenvalue weighted by molar-refractivity contribution is 5.87. The number of carbonyl (C=O) groups is 1. The summed E-state index contributed by atoms with van der Waals surface area (Å²) in [6.45, 7) is 2.24. The van der Waals surface area contributed by atoms with Gasteiger partial charge in [0.25, 0.3) is 0 Å². The Hall–Kier alpha value is -2.40. The van der Waals surface area contributed by atoms with Crippen LogP contribution in [0.4, 0.5) is 101 Å². The first-order chi connectivity index (χ1) is 17.3. The van der Waals surface area contributed by atoms with Crippen LogP contribution in [0.25, 0.3) is 0 Å². The van der Waals surface area contributed by atoms with Gasteiger partial charge in [0.05, 0.1) is 0 Å². The van der Waals surface area contributed by atoms with Gasteiger partial charge in [-0.15, -0.1) is 0 Å². The number of hydrogen-bond donors (Lipinski definition) is 0. The van der Waals surface area contributed by atoms with E-state index in [2.05, 4.69) is 11.3 Å². The average Bonchev–Trinajstić information content (AvgIpc) is 2.75. The highest BCUT2D eigenvalue weighted by atomic mass is 19.4. The summed E-state index contributed by atoms with van der Waals surface area (Å²) in [7, 11) is 0. The summed E-state index contributed by atoms with van der Waals surface area (Å²) < 4.78 is 323. The number of ether oxygens (including phenoxy) is 1. The molecule has 0 bridgehead atoms. The van der Waals surface area contributed by atoms with E-state index in [1.807, 2.05) is 0 Å². The van der Waals surface area contributed by atoms with Crippen LogP contribution >= 0.6 is 0 Å². The van der Waals surface area contributed by atoms with Crippen LogP contribution in [0.5, 0.6) is 0 Å². The van der Waals surface area contributed by atoms with Crippen LogP contribution in [-0.4, -0.2) is 77.0 Å². The molecule has 0 aromatic rings. The maximum absolute atomic E-state index is 14.9. The van der Waals surface area contributed by atoms with Gasteiger partial charge in [-0.2, -0.15) is 96.6 Å². The zero-order valence-electron chi connectivity index (χ0n) is 18.2. The number of rotatable bonds is 3. The van der Waals surface area contributed by atoms with Crippen molar-refractivity contribution in [1.82, 2.24) is 0 Å². The Bertz CT molecular complexity index is 1020. The van der Waals surface area contributed by atoms with Gasteiger partial charge in [0.1, 0.15) is 0 Å². The predicted octanol–water partition coefficient (Wildman–Crippen LogP) is 7.77. The lowest BCUT2D eigenvalue weighted by Gasteiger charge is -2.48. The molecule has 0 aliphatic heterocycles. The SMILES string of the molecule is C=C(C)C(=O)OC(F)(F)C1(F)C(F)(F)C(F)(F)C(F)(F)C(F)(F)C(F)(F)C(F)(F)C(F)(F)C(F)(F)C(F)(F)C1(F)F. The molecule has 1 fully saturated rings. The third-order valence-corrected chi connectivity index (χ3v) is 5.38. The van der Waals surface area contributed by atoms with Gasteiger partial charge in [0, 0.05) is 5.57 Å². The maximum atomic E-state index is 14.9. The Kier molecular flexibility index (Phi) is 7.67. The van der Waals surface area contributed by atoms with Crippen LogP contribution < -0.4 is 0 Å². The lowest BCUT2D eigenvalue weighted by Crippen LogP contribution is -2.81. The molecule has 0 unspecified atom stereocenters. The summed E-state index contributed by atoms with van der Waals surface area (Å²) in [4.78, 5) is 11.1. The Morgan fingerprint density at radius 2 is 0.634 bits per heavy atom. The van der Waals surface area contributed by atoms with E-state index in [0.717, 1.165) is 0 Å². The van der Waals surface area contributed by atoms with Crippen molar-refractivity contribution in [2.24, 2.45) is 0 Å². The van der Waals surface area contributed by atoms with E-state index in [1.165, 1.54) is 0 Å². The van der Waals surface area contributed by atoms with Crippen molar-refractivity contribution in [1.29, 1.82) is 0 Å². The molecule has 41 heavy (non-hydrogen) atoms. The van der Waals surface area contributed by atoms with E-state index in [0.29, 0.717) is 0 Å². The molecule has 0 radical (unpaired) electrons. The molecule has 0 N–H and O–H groups in total. The summed E-state index contributed by atoms with van der Waals surface area (Å²) >= 11 is 0. The predicted molar refractivity (Wildman–Crippen MR) is 79.2 cm³/mol. The first-order valence-corrected chi connectivity index (χ1v) is 9.06. The molecule has 1 rings (SSSR count). The van der Waals surface area contributed by atoms with E-state index in [4.69, 9.17) is 0 Å². The first kappa shape index (κ1) is 36.6. The molecule has 0 aromatic carbocycles. The quantitative estimate of drug-likeness (QED) is 0.175. The van der Waals surface area contributed by atoms with Crippen LogP contribution in [0.2, 0.25) is 0 Å². The minimum Gasteiger partial charge on any atom is -0.395 e.